The van der Waals surface area contributed by atoms with Crippen LogP contribution in [0.2, 0.25) is 0 Å². The van der Waals surface area contributed by atoms with Gasteiger partial charge in [-0.15, -0.1) is 0 Å². The van der Waals surface area contributed by atoms with Gasteiger partial charge in [-0.25, -0.2) is 0 Å². The molecule has 0 atom stereocenters. The molecular formula is C14H30N2O2. The first kappa shape index (κ1) is 15.9. The highest BCUT2D eigenvalue weighted by Gasteiger charge is 2.33. The van der Waals surface area contributed by atoms with Crippen LogP contribution in [-0.4, -0.2) is 63.6 Å². The molecule has 0 bridgehead atoms. The van der Waals surface area contributed by atoms with Gasteiger partial charge in [0.15, 0.2) is 0 Å². The van der Waals surface area contributed by atoms with Crippen molar-refractivity contribution in [2.45, 2.75) is 32.1 Å². The van der Waals surface area contributed by atoms with Crippen molar-refractivity contribution in [1.82, 2.24) is 10.2 Å². The number of hydrogen-bond donors (Lipinski definition) is 2. The first-order valence-electron chi connectivity index (χ1n) is 7.23. The highest BCUT2D eigenvalue weighted by Crippen LogP contribution is 2.36. The molecule has 0 aromatic rings. The lowest BCUT2D eigenvalue weighted by molar-refractivity contribution is 0.0689. The maximum Gasteiger partial charge on any atom is 0.0589 e. The molecule has 0 amide bonds. The van der Waals surface area contributed by atoms with Crippen molar-refractivity contribution in [1.29, 1.82) is 0 Å². The Labute approximate surface area is 112 Å². The smallest absolute Gasteiger partial charge is 0.0589 e. The molecule has 0 aromatic heterocycles. The molecule has 108 valence electrons. The Morgan fingerprint density at radius 2 is 1.94 bits per heavy atom. The summed E-state index contributed by atoms with van der Waals surface area (Å²) in [5, 5.41) is 12.5. The number of nitrogens with zero attached hydrogens (tertiary/aromatic N) is 1. The maximum absolute atomic E-state index is 9.18. The van der Waals surface area contributed by atoms with Crippen LogP contribution in [0.3, 0.4) is 0 Å². The molecule has 4 heteroatoms. The topological polar surface area (TPSA) is 44.7 Å². The quantitative estimate of drug-likeness (QED) is 0.650. The zero-order valence-corrected chi connectivity index (χ0v) is 12.1. The fourth-order valence-electron chi connectivity index (χ4n) is 3.17. The summed E-state index contributed by atoms with van der Waals surface area (Å²) in [7, 11) is 3.78. The van der Waals surface area contributed by atoms with Crippen molar-refractivity contribution < 1.29 is 9.84 Å². The van der Waals surface area contributed by atoms with Crippen molar-refractivity contribution in [3.05, 3.63) is 0 Å². The lowest BCUT2D eigenvalue weighted by Gasteiger charge is -2.41. The molecule has 1 aliphatic carbocycles. The highest BCUT2D eigenvalue weighted by atomic mass is 16.5. The van der Waals surface area contributed by atoms with E-state index in [1.807, 2.05) is 7.05 Å². The van der Waals surface area contributed by atoms with Crippen molar-refractivity contribution in [2.75, 3.05) is 53.6 Å². The number of aliphatic hydroxyl groups is 1. The van der Waals surface area contributed by atoms with Gasteiger partial charge in [0.25, 0.3) is 0 Å². The summed E-state index contributed by atoms with van der Waals surface area (Å²) in [4.78, 5) is 2.35. The van der Waals surface area contributed by atoms with Crippen LogP contribution in [0.25, 0.3) is 0 Å². The Morgan fingerprint density at radius 3 is 2.50 bits per heavy atom. The number of methoxy groups -OCH3 is 1. The van der Waals surface area contributed by atoms with Gasteiger partial charge in [-0.2, -0.15) is 0 Å². The third-order valence-corrected chi connectivity index (χ3v) is 4.05. The largest absolute Gasteiger partial charge is 0.395 e. The lowest BCUT2D eigenvalue weighted by atomic mass is 9.73. The molecule has 0 spiro atoms. The third kappa shape index (κ3) is 5.22. The van der Waals surface area contributed by atoms with Gasteiger partial charge in [0.1, 0.15) is 0 Å². The fraction of sp³-hybridized carbons (Fsp3) is 1.00. The third-order valence-electron chi connectivity index (χ3n) is 4.05. The molecular weight excluding hydrogens is 228 g/mol. The lowest BCUT2D eigenvalue weighted by Crippen LogP contribution is -2.46. The summed E-state index contributed by atoms with van der Waals surface area (Å²) < 4.78 is 5.16. The van der Waals surface area contributed by atoms with E-state index in [0.717, 1.165) is 32.8 Å². The summed E-state index contributed by atoms with van der Waals surface area (Å²) in [6, 6.07) is 0. The second-order valence-electron chi connectivity index (χ2n) is 5.58. The molecule has 1 rings (SSSR count). The number of ether oxygens (including phenoxy) is 1. The Hall–Kier alpha value is -0.160. The SMILES string of the molecule is CNCC1(CN(CCO)CCOC)CCCCC1. The predicted molar refractivity (Wildman–Crippen MR) is 74.8 cm³/mol. The average Bonchev–Trinajstić information content (AvgIpc) is 2.37. The van der Waals surface area contributed by atoms with Gasteiger partial charge < -0.3 is 15.2 Å². The minimum atomic E-state index is 0.235. The van der Waals surface area contributed by atoms with E-state index in [1.54, 1.807) is 7.11 Å². The molecule has 4 nitrogen and oxygen atoms in total. The number of rotatable bonds is 9. The molecule has 1 saturated carbocycles. The van der Waals surface area contributed by atoms with Gasteiger partial charge >= 0.3 is 0 Å². The van der Waals surface area contributed by atoms with E-state index in [0.29, 0.717) is 5.41 Å². The maximum atomic E-state index is 9.18. The van der Waals surface area contributed by atoms with Crippen LogP contribution in [-0.2, 0) is 4.74 Å². The van der Waals surface area contributed by atoms with Crippen molar-refractivity contribution in [3.63, 3.8) is 0 Å². The van der Waals surface area contributed by atoms with Crippen LogP contribution in [0, 0.1) is 5.41 Å². The number of nitrogens with one attached hydrogen (secondary N) is 1. The predicted octanol–water partition coefficient (Wildman–Crippen LogP) is 1.10. The molecule has 2 N–H and O–H groups in total. The molecule has 1 aliphatic rings. The summed E-state index contributed by atoms with van der Waals surface area (Å²) in [6.45, 7) is 4.83. The minimum absolute atomic E-state index is 0.235. The highest BCUT2D eigenvalue weighted by molar-refractivity contribution is 4.87. The normalized spacial score (nSPS) is 19.3. The Balaban J connectivity index is 2.54. The molecule has 0 saturated heterocycles. The molecule has 0 aliphatic heterocycles. The summed E-state index contributed by atoms with van der Waals surface area (Å²) in [5.41, 5.74) is 0.399. The van der Waals surface area contributed by atoms with Crippen LogP contribution in [0.1, 0.15) is 32.1 Å². The zero-order valence-electron chi connectivity index (χ0n) is 12.1. The van der Waals surface area contributed by atoms with Gasteiger partial charge in [0, 0.05) is 33.3 Å². The van der Waals surface area contributed by atoms with Gasteiger partial charge in [-0.1, -0.05) is 19.3 Å². The first-order chi connectivity index (χ1) is 8.76. The van der Waals surface area contributed by atoms with E-state index in [9.17, 15) is 5.11 Å². The van der Waals surface area contributed by atoms with Crippen LogP contribution in [0.4, 0.5) is 0 Å². The monoisotopic (exact) mass is 258 g/mol. The van der Waals surface area contributed by atoms with Gasteiger partial charge in [-0.3, -0.25) is 4.90 Å². The van der Waals surface area contributed by atoms with E-state index in [4.69, 9.17) is 4.74 Å². The van der Waals surface area contributed by atoms with Crippen LogP contribution in [0.5, 0.6) is 0 Å². The Morgan fingerprint density at radius 1 is 1.22 bits per heavy atom. The molecule has 0 unspecified atom stereocenters. The second-order valence-corrected chi connectivity index (χ2v) is 5.58. The van der Waals surface area contributed by atoms with Crippen molar-refractivity contribution >= 4 is 0 Å². The summed E-state index contributed by atoms with van der Waals surface area (Å²) >= 11 is 0. The Bertz CT molecular complexity index is 200. The Kier molecular flexibility index (Phi) is 7.82. The summed E-state index contributed by atoms with van der Waals surface area (Å²) in [6.07, 6.45) is 6.69. The molecule has 1 fully saturated rings. The van der Waals surface area contributed by atoms with E-state index in [2.05, 4.69) is 10.2 Å². The minimum Gasteiger partial charge on any atom is -0.395 e. The molecule has 0 heterocycles. The van der Waals surface area contributed by atoms with Crippen LogP contribution in [0.15, 0.2) is 0 Å². The molecule has 0 radical (unpaired) electrons. The van der Waals surface area contributed by atoms with Gasteiger partial charge in [-0.05, 0) is 25.3 Å². The standard InChI is InChI=1S/C14H30N2O2/c1-15-12-14(6-4-3-5-7-14)13-16(8-10-17)9-11-18-2/h15,17H,3-13H2,1-2H3. The summed E-state index contributed by atoms with van der Waals surface area (Å²) in [5.74, 6) is 0. The average molecular weight is 258 g/mol. The van der Waals surface area contributed by atoms with Gasteiger partial charge in [0.2, 0.25) is 0 Å². The van der Waals surface area contributed by atoms with E-state index >= 15 is 0 Å². The number of hydrogen-bond acceptors (Lipinski definition) is 4. The van der Waals surface area contributed by atoms with Crippen molar-refractivity contribution in [3.8, 4) is 0 Å². The van der Waals surface area contributed by atoms with E-state index < -0.39 is 0 Å². The van der Waals surface area contributed by atoms with Gasteiger partial charge in [0.05, 0.1) is 13.2 Å². The van der Waals surface area contributed by atoms with E-state index in [1.165, 1.54) is 32.1 Å². The van der Waals surface area contributed by atoms with Crippen molar-refractivity contribution in [2.24, 2.45) is 5.41 Å². The zero-order chi connectivity index (χ0) is 13.3. The fourth-order valence-corrected chi connectivity index (χ4v) is 3.17. The van der Waals surface area contributed by atoms with Crippen LogP contribution >= 0.6 is 0 Å². The molecule has 18 heavy (non-hydrogen) atoms. The second kappa shape index (κ2) is 8.86. The van der Waals surface area contributed by atoms with E-state index in [-0.39, 0.29) is 6.61 Å². The van der Waals surface area contributed by atoms with Crippen LogP contribution < -0.4 is 5.32 Å². The molecule has 0 aromatic carbocycles. The number of aliphatic hydroxyl groups excluding tert-OH is 1. The first-order valence-corrected chi connectivity index (χ1v) is 7.23.